The van der Waals surface area contributed by atoms with Crippen molar-refractivity contribution < 1.29 is 9.13 Å². The molecule has 1 fully saturated rings. The molecule has 0 bridgehead atoms. The first-order chi connectivity index (χ1) is 9.17. The van der Waals surface area contributed by atoms with Crippen molar-refractivity contribution in [3.05, 3.63) is 30.1 Å². The van der Waals surface area contributed by atoms with E-state index in [1.165, 1.54) is 6.07 Å². The summed E-state index contributed by atoms with van der Waals surface area (Å²) in [6.45, 7) is 5.29. The highest BCUT2D eigenvalue weighted by atomic mass is 19.1. The van der Waals surface area contributed by atoms with Crippen molar-refractivity contribution in [2.24, 2.45) is 5.73 Å². The Labute approximate surface area is 114 Å². The van der Waals surface area contributed by atoms with Crippen molar-refractivity contribution in [3.63, 3.8) is 0 Å². The van der Waals surface area contributed by atoms with Crippen LogP contribution in [0.25, 0.3) is 0 Å². The molecule has 1 aliphatic heterocycles. The van der Waals surface area contributed by atoms with Gasteiger partial charge in [-0.3, -0.25) is 0 Å². The van der Waals surface area contributed by atoms with Crippen LogP contribution < -0.4 is 10.6 Å². The van der Waals surface area contributed by atoms with E-state index in [9.17, 15) is 4.39 Å². The highest BCUT2D eigenvalue weighted by molar-refractivity contribution is 5.49. The molecule has 0 saturated carbocycles. The molecule has 0 amide bonds. The van der Waals surface area contributed by atoms with Gasteiger partial charge in [-0.05, 0) is 38.8 Å². The molecule has 3 unspecified atom stereocenters. The summed E-state index contributed by atoms with van der Waals surface area (Å²) < 4.78 is 19.9. The van der Waals surface area contributed by atoms with E-state index >= 15 is 0 Å². The molecule has 1 saturated heterocycles. The number of anilines is 1. The molecule has 1 aromatic carbocycles. The van der Waals surface area contributed by atoms with Gasteiger partial charge in [0, 0.05) is 13.1 Å². The fraction of sp³-hybridized carbons (Fsp3) is 0.600. The fourth-order valence-electron chi connectivity index (χ4n) is 2.86. The van der Waals surface area contributed by atoms with E-state index in [1.54, 1.807) is 12.1 Å². The number of hydrogen-bond donors (Lipinski definition) is 1. The Morgan fingerprint density at radius 1 is 1.42 bits per heavy atom. The van der Waals surface area contributed by atoms with Crippen LogP contribution in [0.3, 0.4) is 0 Å². The highest BCUT2D eigenvalue weighted by Crippen LogP contribution is 2.28. The van der Waals surface area contributed by atoms with Crippen LogP contribution in [0.15, 0.2) is 24.3 Å². The lowest BCUT2D eigenvalue weighted by Crippen LogP contribution is -2.49. The monoisotopic (exact) mass is 266 g/mol. The Morgan fingerprint density at radius 2 is 2.16 bits per heavy atom. The zero-order valence-corrected chi connectivity index (χ0v) is 11.7. The molecular formula is C15H23FN2O. The fourth-order valence-corrected chi connectivity index (χ4v) is 2.86. The second kappa shape index (κ2) is 6.35. The van der Waals surface area contributed by atoms with Crippen LogP contribution in [0, 0.1) is 5.82 Å². The third kappa shape index (κ3) is 3.07. The zero-order chi connectivity index (χ0) is 13.8. The Balaban J connectivity index is 2.21. The van der Waals surface area contributed by atoms with E-state index in [4.69, 9.17) is 10.5 Å². The third-order valence-corrected chi connectivity index (χ3v) is 3.84. The number of rotatable bonds is 5. The molecule has 0 spiro atoms. The lowest BCUT2D eigenvalue weighted by molar-refractivity contribution is 0.0402. The van der Waals surface area contributed by atoms with Gasteiger partial charge in [-0.2, -0.15) is 0 Å². The summed E-state index contributed by atoms with van der Waals surface area (Å²) in [6.07, 6.45) is 2.42. The number of halogens is 1. The number of nitrogens with zero attached hydrogens (tertiary/aromatic N) is 1. The minimum absolute atomic E-state index is 0.0341. The van der Waals surface area contributed by atoms with Gasteiger partial charge in [-0.1, -0.05) is 12.1 Å². The van der Waals surface area contributed by atoms with Gasteiger partial charge in [-0.25, -0.2) is 4.39 Å². The highest BCUT2D eigenvalue weighted by Gasteiger charge is 2.33. The Kier molecular flexibility index (Phi) is 4.77. The van der Waals surface area contributed by atoms with Crippen LogP contribution in [0.4, 0.5) is 10.1 Å². The van der Waals surface area contributed by atoms with Crippen molar-refractivity contribution in [3.8, 4) is 0 Å². The second-order valence-corrected chi connectivity index (χ2v) is 5.10. The summed E-state index contributed by atoms with van der Waals surface area (Å²) in [5.74, 6) is -0.200. The molecule has 19 heavy (non-hydrogen) atoms. The number of hydrogen-bond acceptors (Lipinski definition) is 3. The molecule has 3 nitrogen and oxygen atoms in total. The van der Waals surface area contributed by atoms with Gasteiger partial charge in [0.2, 0.25) is 0 Å². The maximum absolute atomic E-state index is 14.0. The topological polar surface area (TPSA) is 38.5 Å². The normalized spacial score (nSPS) is 24.4. The van der Waals surface area contributed by atoms with E-state index in [1.807, 2.05) is 17.9 Å². The standard InChI is InChI=1S/C15H23FN2O/c1-3-18(13-7-5-4-6-12(13)16)14(10-17)15-9-8-11(2)19-15/h4-7,11,14-15H,3,8-10,17H2,1-2H3. The molecule has 1 aromatic rings. The van der Waals surface area contributed by atoms with E-state index in [0.717, 1.165) is 19.4 Å². The van der Waals surface area contributed by atoms with Crippen LogP contribution in [0.5, 0.6) is 0 Å². The maximum atomic E-state index is 14.0. The average molecular weight is 266 g/mol. The molecule has 0 aromatic heterocycles. The van der Waals surface area contributed by atoms with E-state index in [-0.39, 0.29) is 24.1 Å². The number of ether oxygens (including phenoxy) is 1. The summed E-state index contributed by atoms with van der Waals surface area (Å²) in [6, 6.07) is 6.89. The third-order valence-electron chi connectivity index (χ3n) is 3.84. The van der Waals surface area contributed by atoms with E-state index < -0.39 is 0 Å². The van der Waals surface area contributed by atoms with Crippen molar-refractivity contribution in [1.82, 2.24) is 0 Å². The zero-order valence-electron chi connectivity index (χ0n) is 11.7. The van der Waals surface area contributed by atoms with Gasteiger partial charge >= 0.3 is 0 Å². The lowest BCUT2D eigenvalue weighted by atomic mass is 10.0. The van der Waals surface area contributed by atoms with Gasteiger partial charge in [-0.15, -0.1) is 0 Å². The first-order valence-corrected chi connectivity index (χ1v) is 7.04. The molecule has 3 atom stereocenters. The van der Waals surface area contributed by atoms with Crippen LogP contribution >= 0.6 is 0 Å². The summed E-state index contributed by atoms with van der Waals surface area (Å²) in [4.78, 5) is 2.03. The Morgan fingerprint density at radius 3 is 2.68 bits per heavy atom. The predicted octanol–water partition coefficient (Wildman–Crippen LogP) is 2.55. The van der Waals surface area contributed by atoms with Crippen molar-refractivity contribution >= 4 is 5.69 Å². The number of para-hydroxylation sites is 1. The molecule has 2 N–H and O–H groups in total. The van der Waals surface area contributed by atoms with Crippen molar-refractivity contribution in [1.29, 1.82) is 0 Å². The Bertz CT molecular complexity index is 413. The van der Waals surface area contributed by atoms with Gasteiger partial charge in [0.1, 0.15) is 5.82 Å². The average Bonchev–Trinajstić information content (AvgIpc) is 2.83. The summed E-state index contributed by atoms with van der Waals surface area (Å²) in [7, 11) is 0. The SMILES string of the molecule is CCN(c1ccccc1F)C(CN)C1CCC(C)O1. The predicted molar refractivity (Wildman–Crippen MR) is 75.8 cm³/mol. The van der Waals surface area contributed by atoms with Gasteiger partial charge in [0.05, 0.1) is 23.9 Å². The maximum Gasteiger partial charge on any atom is 0.146 e. The quantitative estimate of drug-likeness (QED) is 0.890. The molecule has 106 valence electrons. The lowest BCUT2D eigenvalue weighted by Gasteiger charge is -2.35. The molecule has 1 heterocycles. The van der Waals surface area contributed by atoms with Crippen molar-refractivity contribution in [2.75, 3.05) is 18.0 Å². The number of likely N-dealkylation sites (N-methyl/N-ethyl adjacent to an activating group) is 1. The molecule has 4 heteroatoms. The largest absolute Gasteiger partial charge is 0.373 e. The minimum atomic E-state index is -0.200. The summed E-state index contributed by atoms with van der Waals surface area (Å²) in [5.41, 5.74) is 6.53. The Hall–Kier alpha value is -1.13. The molecular weight excluding hydrogens is 243 g/mol. The smallest absolute Gasteiger partial charge is 0.146 e. The van der Waals surface area contributed by atoms with Crippen LogP contribution in [-0.4, -0.2) is 31.3 Å². The second-order valence-electron chi connectivity index (χ2n) is 5.10. The molecule has 0 aliphatic carbocycles. The van der Waals surface area contributed by atoms with Gasteiger partial charge in [0.25, 0.3) is 0 Å². The van der Waals surface area contributed by atoms with E-state index in [0.29, 0.717) is 12.2 Å². The van der Waals surface area contributed by atoms with Crippen LogP contribution in [0.1, 0.15) is 26.7 Å². The first-order valence-electron chi connectivity index (χ1n) is 7.04. The number of nitrogens with two attached hydrogens (primary N) is 1. The van der Waals surface area contributed by atoms with Crippen LogP contribution in [-0.2, 0) is 4.74 Å². The van der Waals surface area contributed by atoms with Gasteiger partial charge in [0.15, 0.2) is 0 Å². The minimum Gasteiger partial charge on any atom is -0.373 e. The molecule has 1 aliphatic rings. The van der Waals surface area contributed by atoms with Gasteiger partial charge < -0.3 is 15.4 Å². The summed E-state index contributed by atoms with van der Waals surface area (Å²) in [5, 5.41) is 0. The van der Waals surface area contributed by atoms with E-state index in [2.05, 4.69) is 6.92 Å². The number of benzene rings is 1. The summed E-state index contributed by atoms with van der Waals surface area (Å²) >= 11 is 0. The van der Waals surface area contributed by atoms with Crippen LogP contribution in [0.2, 0.25) is 0 Å². The van der Waals surface area contributed by atoms with Crippen molar-refractivity contribution in [2.45, 2.75) is 44.9 Å². The molecule has 0 radical (unpaired) electrons. The first kappa shape index (κ1) is 14.3. The molecule has 2 rings (SSSR count).